The van der Waals surface area contributed by atoms with Crippen LogP contribution in [0.25, 0.3) is 0 Å². The summed E-state index contributed by atoms with van der Waals surface area (Å²) in [5, 5.41) is 4.89. The highest BCUT2D eigenvalue weighted by Gasteiger charge is 2.05. The topological polar surface area (TPSA) is 41.1 Å². The number of urea groups is 1. The van der Waals surface area contributed by atoms with E-state index in [4.69, 9.17) is 11.6 Å². The van der Waals surface area contributed by atoms with E-state index in [1.54, 1.807) is 0 Å². The molecule has 2 aromatic carbocycles. The molecule has 3 nitrogen and oxygen atoms in total. The van der Waals surface area contributed by atoms with Crippen molar-refractivity contribution >= 4 is 29.0 Å². The Morgan fingerprint density at radius 3 is 2.16 bits per heavy atom. The molecular formula is C13H9ClF2N2O. The van der Waals surface area contributed by atoms with Gasteiger partial charge in [0.15, 0.2) is 0 Å². The van der Waals surface area contributed by atoms with Gasteiger partial charge >= 0.3 is 6.03 Å². The van der Waals surface area contributed by atoms with Crippen LogP contribution in [0.15, 0.2) is 42.5 Å². The smallest absolute Gasteiger partial charge is 0.308 e. The number of benzene rings is 2. The third kappa shape index (κ3) is 3.66. The molecule has 0 aliphatic rings. The summed E-state index contributed by atoms with van der Waals surface area (Å²) in [5.74, 6) is -0.956. The van der Waals surface area contributed by atoms with E-state index < -0.39 is 17.7 Å². The molecule has 0 atom stereocenters. The lowest BCUT2D eigenvalue weighted by molar-refractivity contribution is 0.262. The van der Waals surface area contributed by atoms with E-state index in [0.29, 0.717) is 11.4 Å². The molecule has 2 rings (SSSR count). The average molecular weight is 283 g/mol. The molecule has 0 aromatic heterocycles. The fourth-order valence-electron chi connectivity index (χ4n) is 1.40. The first kappa shape index (κ1) is 13.3. The van der Waals surface area contributed by atoms with Crippen LogP contribution >= 0.6 is 11.6 Å². The second-order valence-electron chi connectivity index (χ2n) is 3.71. The van der Waals surface area contributed by atoms with Gasteiger partial charge in [0.1, 0.15) is 11.6 Å². The van der Waals surface area contributed by atoms with Crippen molar-refractivity contribution in [2.75, 3.05) is 10.6 Å². The van der Waals surface area contributed by atoms with Crippen molar-refractivity contribution in [1.82, 2.24) is 0 Å². The Hall–Kier alpha value is -2.14. The highest BCUT2D eigenvalue weighted by molar-refractivity contribution is 6.31. The summed E-state index contributed by atoms with van der Waals surface area (Å²) in [6.45, 7) is 0. The Morgan fingerprint density at radius 1 is 0.947 bits per heavy atom. The van der Waals surface area contributed by atoms with Gasteiger partial charge in [0.25, 0.3) is 0 Å². The van der Waals surface area contributed by atoms with Gasteiger partial charge in [-0.15, -0.1) is 0 Å². The van der Waals surface area contributed by atoms with Gasteiger partial charge in [0.2, 0.25) is 0 Å². The molecule has 6 heteroatoms. The van der Waals surface area contributed by atoms with E-state index in [0.717, 1.165) is 6.07 Å². The van der Waals surface area contributed by atoms with E-state index >= 15 is 0 Å². The van der Waals surface area contributed by atoms with Gasteiger partial charge in [-0.1, -0.05) is 11.6 Å². The summed E-state index contributed by atoms with van der Waals surface area (Å²) in [7, 11) is 0. The molecule has 19 heavy (non-hydrogen) atoms. The second-order valence-corrected chi connectivity index (χ2v) is 4.12. The normalized spacial score (nSPS) is 10.1. The SMILES string of the molecule is O=C(Nc1ccc(F)cc1)Nc1ccc(F)c(Cl)c1. The molecule has 0 fully saturated rings. The molecule has 0 radical (unpaired) electrons. The Bertz CT molecular complexity index is 602. The molecular weight excluding hydrogens is 274 g/mol. The lowest BCUT2D eigenvalue weighted by atomic mass is 10.3. The van der Waals surface area contributed by atoms with Gasteiger partial charge in [-0.05, 0) is 42.5 Å². The number of carbonyl (C=O) groups excluding carboxylic acids is 1. The number of anilines is 2. The number of rotatable bonds is 2. The number of hydrogen-bond acceptors (Lipinski definition) is 1. The third-order valence-electron chi connectivity index (χ3n) is 2.28. The van der Waals surface area contributed by atoms with Gasteiger partial charge in [0, 0.05) is 11.4 Å². The highest BCUT2D eigenvalue weighted by Crippen LogP contribution is 2.19. The predicted octanol–water partition coefficient (Wildman–Crippen LogP) is 4.26. The molecule has 0 spiro atoms. The molecule has 98 valence electrons. The van der Waals surface area contributed by atoms with Crippen LogP contribution in [0.2, 0.25) is 5.02 Å². The third-order valence-corrected chi connectivity index (χ3v) is 2.57. The van der Waals surface area contributed by atoms with Crippen molar-refractivity contribution in [2.24, 2.45) is 0 Å². The Balaban J connectivity index is 2.01. The van der Waals surface area contributed by atoms with Gasteiger partial charge in [-0.2, -0.15) is 0 Å². The van der Waals surface area contributed by atoms with Gasteiger partial charge in [0.05, 0.1) is 5.02 Å². The van der Waals surface area contributed by atoms with E-state index in [-0.39, 0.29) is 5.02 Å². The molecule has 0 bridgehead atoms. The quantitative estimate of drug-likeness (QED) is 0.849. The summed E-state index contributed by atoms with van der Waals surface area (Å²) >= 11 is 5.59. The molecule has 0 unspecified atom stereocenters. The minimum atomic E-state index is -0.564. The molecule has 2 N–H and O–H groups in total. The van der Waals surface area contributed by atoms with E-state index in [1.807, 2.05) is 0 Å². The standard InChI is InChI=1S/C13H9ClF2N2O/c14-11-7-10(5-6-12(11)16)18-13(19)17-9-3-1-8(15)2-4-9/h1-7H,(H2,17,18,19). The summed E-state index contributed by atoms with van der Waals surface area (Å²) in [5.41, 5.74) is 0.790. The molecule has 2 aromatic rings. The van der Waals surface area contributed by atoms with Crippen molar-refractivity contribution in [3.8, 4) is 0 Å². The van der Waals surface area contributed by atoms with Crippen molar-refractivity contribution in [1.29, 1.82) is 0 Å². The number of carbonyl (C=O) groups is 1. The molecule has 0 heterocycles. The van der Waals surface area contributed by atoms with Gasteiger partial charge < -0.3 is 10.6 Å². The number of halogens is 3. The Morgan fingerprint density at radius 2 is 1.53 bits per heavy atom. The van der Waals surface area contributed by atoms with Crippen LogP contribution < -0.4 is 10.6 Å². The van der Waals surface area contributed by atoms with Crippen molar-refractivity contribution in [2.45, 2.75) is 0 Å². The minimum absolute atomic E-state index is 0.0837. The van der Waals surface area contributed by atoms with Crippen LogP contribution in [-0.4, -0.2) is 6.03 Å². The summed E-state index contributed by atoms with van der Waals surface area (Å²) in [6, 6.07) is 8.59. The van der Waals surface area contributed by atoms with Crippen LogP contribution in [0.1, 0.15) is 0 Å². The molecule has 0 aliphatic heterocycles. The van der Waals surface area contributed by atoms with Crippen LogP contribution in [-0.2, 0) is 0 Å². The predicted molar refractivity (Wildman–Crippen MR) is 70.5 cm³/mol. The molecule has 0 aliphatic carbocycles. The van der Waals surface area contributed by atoms with Crippen molar-refractivity contribution in [3.05, 3.63) is 59.1 Å². The zero-order valence-corrected chi connectivity index (χ0v) is 10.3. The number of hydrogen-bond donors (Lipinski definition) is 2. The van der Waals surface area contributed by atoms with E-state index in [2.05, 4.69) is 10.6 Å². The van der Waals surface area contributed by atoms with Crippen LogP contribution in [0.4, 0.5) is 25.0 Å². The summed E-state index contributed by atoms with van der Waals surface area (Å²) in [6.07, 6.45) is 0. The second kappa shape index (κ2) is 5.67. The first-order chi connectivity index (χ1) is 9.04. The largest absolute Gasteiger partial charge is 0.323 e. The fraction of sp³-hybridized carbons (Fsp3) is 0. The van der Waals surface area contributed by atoms with Gasteiger partial charge in [-0.3, -0.25) is 0 Å². The number of amides is 2. The molecule has 0 saturated heterocycles. The number of nitrogens with one attached hydrogen (secondary N) is 2. The summed E-state index contributed by atoms with van der Waals surface area (Å²) < 4.78 is 25.6. The molecule has 2 amide bonds. The zero-order valence-electron chi connectivity index (χ0n) is 9.58. The maximum atomic E-state index is 12.9. The Labute approximate surface area is 113 Å². The highest BCUT2D eigenvalue weighted by atomic mass is 35.5. The van der Waals surface area contributed by atoms with Gasteiger partial charge in [-0.25, -0.2) is 13.6 Å². The first-order valence-electron chi connectivity index (χ1n) is 5.33. The zero-order chi connectivity index (χ0) is 13.8. The maximum Gasteiger partial charge on any atom is 0.323 e. The Kier molecular flexibility index (Phi) is 3.97. The first-order valence-corrected chi connectivity index (χ1v) is 5.71. The molecule has 0 saturated carbocycles. The average Bonchev–Trinajstić information content (AvgIpc) is 2.37. The lowest BCUT2D eigenvalue weighted by Gasteiger charge is -2.08. The minimum Gasteiger partial charge on any atom is -0.308 e. The lowest BCUT2D eigenvalue weighted by Crippen LogP contribution is -2.19. The fourth-order valence-corrected chi connectivity index (χ4v) is 1.58. The van der Waals surface area contributed by atoms with Crippen molar-refractivity contribution in [3.63, 3.8) is 0 Å². The van der Waals surface area contributed by atoms with E-state index in [9.17, 15) is 13.6 Å². The van der Waals surface area contributed by atoms with E-state index in [1.165, 1.54) is 36.4 Å². The van der Waals surface area contributed by atoms with Crippen molar-refractivity contribution < 1.29 is 13.6 Å². The maximum absolute atomic E-state index is 12.9. The van der Waals surface area contributed by atoms with Crippen LogP contribution in [0.5, 0.6) is 0 Å². The summed E-state index contributed by atoms with van der Waals surface area (Å²) in [4.78, 5) is 11.6. The van der Waals surface area contributed by atoms with Crippen LogP contribution in [0.3, 0.4) is 0 Å². The monoisotopic (exact) mass is 282 g/mol. The van der Waals surface area contributed by atoms with Crippen LogP contribution in [0, 0.1) is 11.6 Å².